The van der Waals surface area contributed by atoms with Gasteiger partial charge in [-0.05, 0) is 47.9 Å². The van der Waals surface area contributed by atoms with Gasteiger partial charge in [-0.2, -0.15) is 13.2 Å². The number of hydroxylamine groups is 1. The smallest absolute Gasteiger partial charge is 0.417 e. The Hall–Kier alpha value is -2.62. The van der Waals surface area contributed by atoms with Crippen molar-refractivity contribution in [1.29, 1.82) is 0 Å². The van der Waals surface area contributed by atoms with Crippen LogP contribution >= 0.6 is 27.5 Å². The second-order valence-corrected chi connectivity index (χ2v) is 8.61. The number of nitrogens with zero attached hydrogens (tertiary/aromatic N) is 2. The fraction of sp³-hybridized carbons (Fsp3) is 0.217. The molecule has 0 amide bonds. The van der Waals surface area contributed by atoms with E-state index in [0.29, 0.717) is 31.0 Å². The van der Waals surface area contributed by atoms with E-state index in [0.717, 1.165) is 27.2 Å². The summed E-state index contributed by atoms with van der Waals surface area (Å²) in [6.07, 6.45) is -1.02. The van der Waals surface area contributed by atoms with E-state index in [2.05, 4.69) is 31.4 Å². The summed E-state index contributed by atoms with van der Waals surface area (Å²) in [5.74, 6) is 0.482. The van der Waals surface area contributed by atoms with Gasteiger partial charge in [0.1, 0.15) is 5.75 Å². The summed E-state index contributed by atoms with van der Waals surface area (Å²) in [5, 5.41) is -0.528. The number of ether oxygens (including phenoxy) is 1. The first-order chi connectivity index (χ1) is 15.7. The summed E-state index contributed by atoms with van der Waals surface area (Å²) in [5.41, 5.74) is 5.23. The third kappa shape index (κ3) is 5.31. The largest absolute Gasteiger partial charge is 0.453 e. The lowest BCUT2D eigenvalue weighted by Crippen LogP contribution is -2.32. The molecule has 2 heterocycles. The Morgan fingerprint density at radius 3 is 2.67 bits per heavy atom. The number of rotatable bonds is 5. The van der Waals surface area contributed by atoms with E-state index in [1.807, 2.05) is 25.1 Å². The fourth-order valence-electron chi connectivity index (χ4n) is 3.44. The molecule has 0 saturated carbocycles. The zero-order chi connectivity index (χ0) is 23.6. The SMILES string of the molecule is Cc1cc(Br)ccc1Cc1cncc(Oc2cccc(C(F)(F)F)c2Cl)c1C1=NCCON1. The Morgan fingerprint density at radius 1 is 1.15 bits per heavy atom. The Morgan fingerprint density at radius 2 is 1.97 bits per heavy atom. The van der Waals surface area contributed by atoms with Crippen molar-refractivity contribution in [2.24, 2.45) is 4.99 Å². The van der Waals surface area contributed by atoms with Gasteiger partial charge in [-0.1, -0.05) is 39.7 Å². The second kappa shape index (κ2) is 9.70. The number of aryl methyl sites for hydroxylation is 1. The number of hydrogen-bond acceptors (Lipinski definition) is 5. The highest BCUT2D eigenvalue weighted by Crippen LogP contribution is 2.41. The molecule has 0 bridgehead atoms. The molecular formula is C23H18BrClF3N3O2. The maximum atomic E-state index is 13.3. The van der Waals surface area contributed by atoms with Crippen molar-refractivity contribution in [2.75, 3.05) is 13.2 Å². The first kappa shape index (κ1) is 23.5. The van der Waals surface area contributed by atoms with Crippen LogP contribution in [-0.4, -0.2) is 24.0 Å². The van der Waals surface area contributed by atoms with Gasteiger partial charge in [0.2, 0.25) is 0 Å². The Kier molecular flexibility index (Phi) is 6.92. The summed E-state index contributed by atoms with van der Waals surface area (Å²) in [7, 11) is 0. The van der Waals surface area contributed by atoms with E-state index < -0.39 is 16.8 Å². The van der Waals surface area contributed by atoms with Gasteiger partial charge >= 0.3 is 6.18 Å². The number of nitrogens with one attached hydrogen (secondary N) is 1. The molecule has 4 rings (SSSR count). The van der Waals surface area contributed by atoms with Gasteiger partial charge in [-0.15, -0.1) is 0 Å². The maximum absolute atomic E-state index is 13.3. The van der Waals surface area contributed by atoms with Crippen LogP contribution < -0.4 is 10.2 Å². The molecule has 2 aromatic carbocycles. The third-order valence-corrected chi connectivity index (χ3v) is 5.92. The fourth-order valence-corrected chi connectivity index (χ4v) is 4.18. The van der Waals surface area contributed by atoms with E-state index in [1.165, 1.54) is 18.3 Å². The molecule has 3 aromatic rings. The maximum Gasteiger partial charge on any atom is 0.417 e. The minimum atomic E-state index is -4.61. The van der Waals surface area contributed by atoms with Crippen LogP contribution in [0.4, 0.5) is 13.2 Å². The van der Waals surface area contributed by atoms with Gasteiger partial charge in [0.25, 0.3) is 0 Å². The van der Waals surface area contributed by atoms with Gasteiger partial charge in [-0.25, -0.2) is 5.48 Å². The molecule has 0 atom stereocenters. The number of aromatic nitrogens is 1. The lowest BCUT2D eigenvalue weighted by Gasteiger charge is -2.21. The van der Waals surface area contributed by atoms with Crippen molar-refractivity contribution in [3.63, 3.8) is 0 Å². The second-order valence-electron chi connectivity index (χ2n) is 7.32. The number of hydrogen-bond donors (Lipinski definition) is 1. The first-order valence-electron chi connectivity index (χ1n) is 9.92. The van der Waals surface area contributed by atoms with Crippen LogP contribution in [0.5, 0.6) is 11.5 Å². The van der Waals surface area contributed by atoms with Crippen molar-refractivity contribution >= 4 is 33.4 Å². The van der Waals surface area contributed by atoms with Crippen molar-refractivity contribution in [3.8, 4) is 11.5 Å². The highest BCUT2D eigenvalue weighted by molar-refractivity contribution is 9.10. The van der Waals surface area contributed by atoms with E-state index in [-0.39, 0.29) is 11.5 Å². The molecule has 0 radical (unpaired) electrons. The number of amidine groups is 1. The molecule has 0 fully saturated rings. The van der Waals surface area contributed by atoms with Crippen LogP contribution in [0.2, 0.25) is 5.02 Å². The van der Waals surface area contributed by atoms with Crippen molar-refractivity contribution in [3.05, 3.63) is 86.1 Å². The number of benzene rings is 2. The topological polar surface area (TPSA) is 55.7 Å². The summed E-state index contributed by atoms with van der Waals surface area (Å²) >= 11 is 9.51. The van der Waals surface area contributed by atoms with E-state index in [4.69, 9.17) is 21.2 Å². The predicted octanol–water partition coefficient (Wildman–Crippen LogP) is 6.49. The minimum Gasteiger partial charge on any atom is -0.453 e. The summed E-state index contributed by atoms with van der Waals surface area (Å²) in [4.78, 5) is 14.1. The van der Waals surface area contributed by atoms with Crippen LogP contribution in [0.15, 0.2) is 58.3 Å². The zero-order valence-corrected chi connectivity index (χ0v) is 19.7. The number of aliphatic imine (C=N–C) groups is 1. The Bertz CT molecular complexity index is 1220. The highest BCUT2D eigenvalue weighted by atomic mass is 79.9. The standard InChI is InChI=1S/C23H18BrClF3N3O2/c1-13-9-16(24)6-5-14(13)10-15-11-29-12-19(20(15)22-30-7-8-32-31-22)33-18-4-2-3-17(21(18)25)23(26,27)28/h2-6,9,11-12H,7-8,10H2,1H3,(H,30,31). The molecule has 1 N–H and O–H groups in total. The van der Waals surface area contributed by atoms with Crippen LogP contribution in [-0.2, 0) is 17.4 Å². The molecule has 1 aliphatic rings. The quantitative estimate of drug-likeness (QED) is 0.402. The molecule has 10 heteroatoms. The summed E-state index contributed by atoms with van der Waals surface area (Å²) in [6, 6.07) is 9.46. The molecule has 172 valence electrons. The lowest BCUT2D eigenvalue weighted by molar-refractivity contribution is -0.137. The van der Waals surface area contributed by atoms with Gasteiger partial charge in [0.15, 0.2) is 11.6 Å². The zero-order valence-electron chi connectivity index (χ0n) is 17.3. The van der Waals surface area contributed by atoms with E-state index in [1.54, 1.807) is 6.20 Å². The molecule has 1 aromatic heterocycles. The van der Waals surface area contributed by atoms with Crippen molar-refractivity contribution in [2.45, 2.75) is 19.5 Å². The van der Waals surface area contributed by atoms with Crippen LogP contribution in [0, 0.1) is 6.92 Å². The van der Waals surface area contributed by atoms with Gasteiger partial charge < -0.3 is 4.74 Å². The predicted molar refractivity (Wildman–Crippen MR) is 123 cm³/mol. The van der Waals surface area contributed by atoms with Gasteiger partial charge in [-0.3, -0.25) is 14.8 Å². The molecule has 0 spiro atoms. The Labute approximate surface area is 201 Å². The molecule has 33 heavy (non-hydrogen) atoms. The van der Waals surface area contributed by atoms with E-state index in [9.17, 15) is 13.2 Å². The average Bonchev–Trinajstić information content (AvgIpc) is 2.77. The molecule has 0 aliphatic carbocycles. The molecule has 5 nitrogen and oxygen atoms in total. The number of pyridine rings is 1. The molecular weight excluding hydrogens is 523 g/mol. The third-order valence-electron chi connectivity index (χ3n) is 5.03. The van der Waals surface area contributed by atoms with E-state index >= 15 is 0 Å². The van der Waals surface area contributed by atoms with Crippen LogP contribution in [0.3, 0.4) is 0 Å². The highest BCUT2D eigenvalue weighted by Gasteiger charge is 2.34. The van der Waals surface area contributed by atoms with Crippen LogP contribution in [0.25, 0.3) is 0 Å². The van der Waals surface area contributed by atoms with Gasteiger partial charge in [0, 0.05) is 17.1 Å². The normalized spacial score (nSPS) is 13.9. The Balaban J connectivity index is 1.79. The number of halogens is 5. The minimum absolute atomic E-state index is 0.135. The summed E-state index contributed by atoms with van der Waals surface area (Å²) in [6.45, 7) is 2.81. The first-order valence-corrected chi connectivity index (χ1v) is 11.1. The van der Waals surface area contributed by atoms with Crippen molar-refractivity contribution < 1.29 is 22.7 Å². The number of alkyl halides is 3. The molecule has 0 unspecified atom stereocenters. The van der Waals surface area contributed by atoms with Gasteiger partial charge in [0.05, 0.1) is 35.5 Å². The van der Waals surface area contributed by atoms with Crippen molar-refractivity contribution in [1.82, 2.24) is 10.5 Å². The lowest BCUT2D eigenvalue weighted by atomic mass is 9.97. The summed E-state index contributed by atoms with van der Waals surface area (Å²) < 4.78 is 46.8. The van der Waals surface area contributed by atoms with Crippen LogP contribution in [0.1, 0.15) is 27.8 Å². The average molecular weight is 541 g/mol. The molecule has 1 aliphatic heterocycles. The monoisotopic (exact) mass is 539 g/mol. The molecule has 0 saturated heterocycles.